The van der Waals surface area contributed by atoms with Gasteiger partial charge in [0.2, 0.25) is 0 Å². The van der Waals surface area contributed by atoms with Gasteiger partial charge in [0.25, 0.3) is 0 Å². The number of nitrogens with one attached hydrogen (secondary N) is 1. The van der Waals surface area contributed by atoms with Crippen LogP contribution in [0.1, 0.15) is 31.2 Å². The summed E-state index contributed by atoms with van der Waals surface area (Å²) in [6.45, 7) is 9.37. The summed E-state index contributed by atoms with van der Waals surface area (Å²) in [4.78, 5) is 8.06. The van der Waals surface area contributed by atoms with Crippen molar-refractivity contribution in [2.75, 3.05) is 23.3 Å². The van der Waals surface area contributed by atoms with E-state index in [9.17, 15) is 0 Å². The topological polar surface area (TPSA) is 28.2 Å². The minimum Gasteiger partial charge on any atom is -0.380 e. The van der Waals surface area contributed by atoms with Crippen molar-refractivity contribution in [2.24, 2.45) is 0 Å². The fourth-order valence-corrected chi connectivity index (χ4v) is 3.09. The summed E-state index contributed by atoms with van der Waals surface area (Å²) in [5.74, 6) is 0. The van der Waals surface area contributed by atoms with Crippen LogP contribution in [0.15, 0.2) is 30.5 Å². The smallest absolute Gasteiger partial charge is 0.185 e. The highest BCUT2D eigenvalue weighted by atomic mass is 32.1. The molecule has 0 fully saturated rings. The van der Waals surface area contributed by atoms with Crippen LogP contribution in [0.2, 0.25) is 0 Å². The molecule has 20 heavy (non-hydrogen) atoms. The second kappa shape index (κ2) is 7.29. The normalized spacial score (nSPS) is 10.6. The Morgan fingerprint density at radius 1 is 1.20 bits per heavy atom. The Bertz CT molecular complexity index is 532. The molecule has 2 aromatic rings. The molecule has 3 nitrogen and oxygen atoms in total. The van der Waals surface area contributed by atoms with Gasteiger partial charge in [0.15, 0.2) is 5.13 Å². The summed E-state index contributed by atoms with van der Waals surface area (Å²) in [6, 6.07) is 8.60. The minimum atomic E-state index is 0.839. The third-order valence-corrected chi connectivity index (χ3v) is 4.44. The highest BCUT2D eigenvalue weighted by Crippen LogP contribution is 2.23. The lowest BCUT2D eigenvalue weighted by atomic mass is 10.1. The van der Waals surface area contributed by atoms with E-state index in [1.807, 2.05) is 6.20 Å². The average molecular weight is 289 g/mol. The number of benzene rings is 1. The van der Waals surface area contributed by atoms with Gasteiger partial charge in [0.1, 0.15) is 0 Å². The number of aryl methyl sites for hydroxylation is 1. The van der Waals surface area contributed by atoms with E-state index >= 15 is 0 Å². The van der Waals surface area contributed by atoms with Crippen LogP contribution in [0.5, 0.6) is 0 Å². The molecule has 0 aliphatic heterocycles. The molecule has 0 aliphatic carbocycles. The van der Waals surface area contributed by atoms with E-state index < -0.39 is 0 Å². The highest BCUT2D eigenvalue weighted by molar-refractivity contribution is 7.15. The Labute approximate surface area is 125 Å². The number of nitrogens with zero attached hydrogens (tertiary/aromatic N) is 2. The molecule has 2 rings (SSSR count). The maximum absolute atomic E-state index is 4.51. The summed E-state index contributed by atoms with van der Waals surface area (Å²) < 4.78 is 0. The Kier molecular flexibility index (Phi) is 5.41. The van der Waals surface area contributed by atoms with Crippen molar-refractivity contribution in [2.45, 2.75) is 33.7 Å². The van der Waals surface area contributed by atoms with Gasteiger partial charge in [-0.15, -0.1) is 11.3 Å². The van der Waals surface area contributed by atoms with Crippen LogP contribution < -0.4 is 10.2 Å². The van der Waals surface area contributed by atoms with Crippen molar-refractivity contribution >= 4 is 22.2 Å². The summed E-state index contributed by atoms with van der Waals surface area (Å²) in [6.07, 6.45) is 3.05. The first-order valence-corrected chi connectivity index (χ1v) is 8.10. The molecule has 1 aromatic carbocycles. The first-order valence-electron chi connectivity index (χ1n) is 7.29. The number of rotatable bonds is 7. The Hall–Kier alpha value is -1.55. The van der Waals surface area contributed by atoms with Gasteiger partial charge < -0.3 is 10.2 Å². The summed E-state index contributed by atoms with van der Waals surface area (Å²) in [7, 11) is 0. The molecule has 1 aromatic heterocycles. The SMILES string of the molecule is CCc1cccc(NCc2cnc(N(CC)CC)s2)c1. The van der Waals surface area contributed by atoms with Crippen molar-refractivity contribution in [1.29, 1.82) is 0 Å². The van der Waals surface area contributed by atoms with Crippen LogP contribution in [0, 0.1) is 0 Å². The summed E-state index contributed by atoms with van der Waals surface area (Å²) in [5.41, 5.74) is 2.55. The molecule has 0 saturated heterocycles. The molecule has 108 valence electrons. The van der Waals surface area contributed by atoms with Gasteiger partial charge in [-0.25, -0.2) is 4.98 Å². The Morgan fingerprint density at radius 2 is 2.00 bits per heavy atom. The van der Waals surface area contributed by atoms with E-state index in [2.05, 4.69) is 60.2 Å². The van der Waals surface area contributed by atoms with Crippen LogP contribution in [0.3, 0.4) is 0 Å². The number of aromatic nitrogens is 1. The second-order valence-electron chi connectivity index (χ2n) is 4.69. The first-order chi connectivity index (χ1) is 9.76. The molecule has 0 atom stereocenters. The zero-order valence-electron chi connectivity index (χ0n) is 12.5. The highest BCUT2D eigenvalue weighted by Gasteiger charge is 2.07. The van der Waals surface area contributed by atoms with Gasteiger partial charge in [-0.3, -0.25) is 0 Å². The largest absolute Gasteiger partial charge is 0.380 e. The van der Waals surface area contributed by atoms with Gasteiger partial charge in [0.05, 0.1) is 6.54 Å². The molecule has 0 spiro atoms. The lowest BCUT2D eigenvalue weighted by molar-refractivity contribution is 0.860. The van der Waals surface area contributed by atoms with Gasteiger partial charge in [0, 0.05) is 29.9 Å². The molecule has 0 unspecified atom stereocenters. The van der Waals surface area contributed by atoms with E-state index in [0.29, 0.717) is 0 Å². The molecule has 0 amide bonds. The fourth-order valence-electron chi connectivity index (χ4n) is 2.11. The third kappa shape index (κ3) is 3.73. The molecule has 0 aliphatic rings. The van der Waals surface area contributed by atoms with Crippen LogP contribution in [-0.4, -0.2) is 18.1 Å². The molecular formula is C16H23N3S. The van der Waals surface area contributed by atoms with E-state index in [1.165, 1.54) is 16.1 Å². The van der Waals surface area contributed by atoms with E-state index in [1.54, 1.807) is 11.3 Å². The van der Waals surface area contributed by atoms with Crippen LogP contribution in [0.25, 0.3) is 0 Å². The van der Waals surface area contributed by atoms with Gasteiger partial charge in [-0.2, -0.15) is 0 Å². The molecule has 4 heteroatoms. The van der Waals surface area contributed by atoms with Crippen LogP contribution in [0.4, 0.5) is 10.8 Å². The quantitative estimate of drug-likeness (QED) is 0.829. The molecule has 1 heterocycles. The number of hydrogen-bond acceptors (Lipinski definition) is 4. The zero-order chi connectivity index (χ0) is 14.4. The molecule has 0 saturated carbocycles. The Morgan fingerprint density at radius 3 is 2.70 bits per heavy atom. The van der Waals surface area contributed by atoms with Crippen molar-refractivity contribution in [3.05, 3.63) is 40.9 Å². The second-order valence-corrected chi connectivity index (χ2v) is 5.78. The van der Waals surface area contributed by atoms with Crippen molar-refractivity contribution in [3.8, 4) is 0 Å². The maximum atomic E-state index is 4.51. The van der Waals surface area contributed by atoms with E-state index in [0.717, 1.165) is 31.2 Å². The molecule has 1 N–H and O–H groups in total. The van der Waals surface area contributed by atoms with Crippen LogP contribution in [-0.2, 0) is 13.0 Å². The molecular weight excluding hydrogens is 266 g/mol. The standard InChI is InChI=1S/C16H23N3S/c1-4-13-8-7-9-14(10-13)17-11-15-12-18-16(20-15)19(5-2)6-3/h7-10,12,17H,4-6,11H2,1-3H3. The summed E-state index contributed by atoms with van der Waals surface area (Å²) >= 11 is 1.77. The molecule has 0 radical (unpaired) electrons. The van der Waals surface area contributed by atoms with Gasteiger partial charge in [-0.1, -0.05) is 19.1 Å². The number of anilines is 2. The van der Waals surface area contributed by atoms with Crippen molar-refractivity contribution < 1.29 is 0 Å². The minimum absolute atomic E-state index is 0.839. The monoisotopic (exact) mass is 289 g/mol. The fraction of sp³-hybridized carbons (Fsp3) is 0.438. The number of thiazole rings is 1. The lowest BCUT2D eigenvalue weighted by Crippen LogP contribution is -2.21. The predicted molar refractivity (Wildman–Crippen MR) is 88.8 cm³/mol. The average Bonchev–Trinajstić information content (AvgIpc) is 2.95. The molecule has 0 bridgehead atoms. The summed E-state index contributed by atoms with van der Waals surface area (Å²) in [5, 5.41) is 4.60. The third-order valence-electron chi connectivity index (χ3n) is 3.38. The zero-order valence-corrected chi connectivity index (χ0v) is 13.3. The van der Waals surface area contributed by atoms with Gasteiger partial charge in [-0.05, 0) is 38.0 Å². The predicted octanol–water partition coefficient (Wildman–Crippen LogP) is 4.16. The van der Waals surface area contributed by atoms with E-state index in [-0.39, 0.29) is 0 Å². The number of hydrogen-bond donors (Lipinski definition) is 1. The lowest BCUT2D eigenvalue weighted by Gasteiger charge is -2.16. The first kappa shape index (κ1) is 14.9. The Balaban J connectivity index is 1.97. The van der Waals surface area contributed by atoms with Crippen molar-refractivity contribution in [1.82, 2.24) is 4.98 Å². The maximum Gasteiger partial charge on any atom is 0.185 e. The van der Waals surface area contributed by atoms with E-state index in [4.69, 9.17) is 0 Å². The van der Waals surface area contributed by atoms with Crippen LogP contribution >= 0.6 is 11.3 Å². The van der Waals surface area contributed by atoms with Gasteiger partial charge >= 0.3 is 0 Å². The van der Waals surface area contributed by atoms with Crippen molar-refractivity contribution in [3.63, 3.8) is 0 Å².